The lowest BCUT2D eigenvalue weighted by Crippen LogP contribution is -2.17. The van der Waals surface area contributed by atoms with Crippen LogP contribution in [0.15, 0.2) is 12.1 Å². The quantitative estimate of drug-likeness (QED) is 0.677. The van der Waals surface area contributed by atoms with Crippen molar-refractivity contribution >= 4 is 17.0 Å². The summed E-state index contributed by atoms with van der Waals surface area (Å²) in [6.45, 7) is 4.52. The van der Waals surface area contributed by atoms with Crippen molar-refractivity contribution in [1.29, 1.82) is 0 Å². The summed E-state index contributed by atoms with van der Waals surface area (Å²) in [4.78, 5) is 10.2. The summed E-state index contributed by atoms with van der Waals surface area (Å²) < 4.78 is 26.5. The summed E-state index contributed by atoms with van der Waals surface area (Å²) in [5.74, 6) is -2.43. The van der Waals surface area contributed by atoms with E-state index in [9.17, 15) is 18.9 Å². The van der Waals surface area contributed by atoms with E-state index in [1.807, 2.05) is 13.8 Å². The normalized spacial score (nSPS) is 12.4. The molecular weight excluding hydrogens is 302 g/mol. The molecule has 0 spiro atoms. The topological polar surface area (TPSA) is 81.0 Å². The van der Waals surface area contributed by atoms with Gasteiger partial charge >= 0.3 is 0 Å². The molecule has 0 aliphatic heterocycles. The van der Waals surface area contributed by atoms with Crippen molar-refractivity contribution in [2.75, 3.05) is 6.54 Å². The van der Waals surface area contributed by atoms with Gasteiger partial charge in [0.2, 0.25) is 0 Å². The zero-order chi connectivity index (χ0) is 15.6. The Hall–Kier alpha value is -2.00. The SMILES string of the molecule is CCNC(C)c1nnc(-c2cc(F)c(F)cc2[N+](=O)[O-])s1. The fourth-order valence-corrected chi connectivity index (χ4v) is 2.67. The van der Waals surface area contributed by atoms with Gasteiger partial charge < -0.3 is 5.32 Å². The van der Waals surface area contributed by atoms with Gasteiger partial charge in [-0.15, -0.1) is 10.2 Å². The lowest BCUT2D eigenvalue weighted by Gasteiger charge is -2.06. The number of nitrogens with one attached hydrogen (secondary N) is 1. The predicted molar refractivity (Wildman–Crippen MR) is 74.0 cm³/mol. The number of halogens is 2. The molecule has 0 bridgehead atoms. The number of nitrogens with zero attached hydrogens (tertiary/aromatic N) is 3. The average Bonchev–Trinajstić information content (AvgIpc) is 2.91. The van der Waals surface area contributed by atoms with Gasteiger partial charge in [0.25, 0.3) is 5.69 Å². The van der Waals surface area contributed by atoms with Gasteiger partial charge in [-0.05, 0) is 19.5 Å². The Kier molecular flexibility index (Phi) is 4.53. The highest BCUT2D eigenvalue weighted by Gasteiger charge is 2.23. The molecule has 0 radical (unpaired) electrons. The third-order valence-corrected chi connectivity index (χ3v) is 3.93. The third kappa shape index (κ3) is 3.19. The Labute approximate surface area is 123 Å². The number of benzene rings is 1. The van der Waals surface area contributed by atoms with Crippen molar-refractivity contribution in [1.82, 2.24) is 15.5 Å². The maximum atomic E-state index is 13.3. The molecule has 9 heteroatoms. The molecule has 1 aromatic carbocycles. The van der Waals surface area contributed by atoms with Crippen LogP contribution in [0.5, 0.6) is 0 Å². The summed E-state index contributed by atoms with van der Waals surface area (Å²) in [5, 5.41) is 22.7. The van der Waals surface area contributed by atoms with E-state index in [1.165, 1.54) is 0 Å². The first-order valence-electron chi connectivity index (χ1n) is 6.14. The van der Waals surface area contributed by atoms with Gasteiger partial charge in [-0.2, -0.15) is 0 Å². The van der Waals surface area contributed by atoms with Crippen molar-refractivity contribution in [2.24, 2.45) is 0 Å². The van der Waals surface area contributed by atoms with Gasteiger partial charge in [0, 0.05) is 0 Å². The number of aromatic nitrogens is 2. The maximum Gasteiger partial charge on any atom is 0.282 e. The van der Waals surface area contributed by atoms with Gasteiger partial charge in [0.15, 0.2) is 16.6 Å². The van der Waals surface area contributed by atoms with Crippen LogP contribution in [0.4, 0.5) is 14.5 Å². The predicted octanol–water partition coefficient (Wildman–Crippen LogP) is 3.06. The molecule has 1 N–H and O–H groups in total. The van der Waals surface area contributed by atoms with Crippen molar-refractivity contribution in [3.63, 3.8) is 0 Å². The molecule has 0 saturated heterocycles. The van der Waals surface area contributed by atoms with Crippen LogP contribution < -0.4 is 5.32 Å². The van der Waals surface area contributed by atoms with Crippen LogP contribution in [0.3, 0.4) is 0 Å². The van der Waals surface area contributed by atoms with Crippen molar-refractivity contribution < 1.29 is 13.7 Å². The van der Waals surface area contributed by atoms with Crippen molar-refractivity contribution in [3.8, 4) is 10.6 Å². The molecule has 6 nitrogen and oxygen atoms in total. The van der Waals surface area contributed by atoms with E-state index in [0.717, 1.165) is 23.9 Å². The molecule has 1 aromatic heterocycles. The molecule has 1 heterocycles. The van der Waals surface area contributed by atoms with E-state index in [2.05, 4.69) is 15.5 Å². The summed E-state index contributed by atoms with van der Waals surface area (Å²) in [7, 11) is 0. The van der Waals surface area contributed by atoms with Crippen LogP contribution in [0.2, 0.25) is 0 Å². The lowest BCUT2D eigenvalue weighted by atomic mass is 10.2. The minimum Gasteiger partial charge on any atom is -0.308 e. The second-order valence-corrected chi connectivity index (χ2v) is 5.27. The molecule has 0 aliphatic carbocycles. The van der Waals surface area contributed by atoms with Gasteiger partial charge in [-0.1, -0.05) is 18.3 Å². The molecule has 0 amide bonds. The van der Waals surface area contributed by atoms with Crippen molar-refractivity contribution in [3.05, 3.63) is 38.9 Å². The van der Waals surface area contributed by atoms with Crippen molar-refractivity contribution in [2.45, 2.75) is 19.9 Å². The van der Waals surface area contributed by atoms with Gasteiger partial charge in [0.05, 0.1) is 22.6 Å². The van der Waals surface area contributed by atoms with E-state index in [0.29, 0.717) is 11.1 Å². The molecule has 21 heavy (non-hydrogen) atoms. The molecule has 0 saturated carbocycles. The second kappa shape index (κ2) is 6.19. The van der Waals surface area contributed by atoms with E-state index in [1.54, 1.807) is 0 Å². The largest absolute Gasteiger partial charge is 0.308 e. The van der Waals surface area contributed by atoms with Crippen LogP contribution >= 0.6 is 11.3 Å². The summed E-state index contributed by atoms with van der Waals surface area (Å²) in [6, 6.07) is 1.25. The molecule has 1 atom stereocenters. The Balaban J connectivity index is 2.47. The first kappa shape index (κ1) is 15.4. The first-order valence-corrected chi connectivity index (χ1v) is 6.96. The molecule has 2 aromatic rings. The summed E-state index contributed by atoms with van der Waals surface area (Å²) in [5.41, 5.74) is -0.612. The molecule has 0 aliphatic rings. The number of nitro benzene ring substituents is 1. The maximum absolute atomic E-state index is 13.3. The fraction of sp³-hybridized carbons (Fsp3) is 0.333. The van der Waals surface area contributed by atoms with E-state index in [-0.39, 0.29) is 16.6 Å². The van der Waals surface area contributed by atoms with Crippen LogP contribution in [-0.4, -0.2) is 21.7 Å². The van der Waals surface area contributed by atoms with Gasteiger partial charge in [-0.25, -0.2) is 8.78 Å². The number of nitro groups is 1. The van der Waals surface area contributed by atoms with E-state index in [4.69, 9.17) is 0 Å². The highest BCUT2D eigenvalue weighted by Crippen LogP contribution is 2.34. The number of rotatable bonds is 5. The Morgan fingerprint density at radius 3 is 2.67 bits per heavy atom. The molecule has 0 fully saturated rings. The highest BCUT2D eigenvalue weighted by atomic mass is 32.1. The highest BCUT2D eigenvalue weighted by molar-refractivity contribution is 7.14. The Morgan fingerprint density at radius 2 is 2.05 bits per heavy atom. The van der Waals surface area contributed by atoms with Crippen LogP contribution in [0, 0.1) is 21.7 Å². The fourth-order valence-electron chi connectivity index (χ4n) is 1.77. The van der Waals surface area contributed by atoms with E-state index < -0.39 is 22.2 Å². The van der Waals surface area contributed by atoms with Crippen LogP contribution in [0.1, 0.15) is 24.9 Å². The first-order chi connectivity index (χ1) is 9.93. The number of hydrogen-bond acceptors (Lipinski definition) is 6. The van der Waals surface area contributed by atoms with Gasteiger partial charge in [-0.3, -0.25) is 10.1 Å². The Morgan fingerprint density at radius 1 is 1.38 bits per heavy atom. The summed E-state index contributed by atoms with van der Waals surface area (Å²) in [6.07, 6.45) is 0. The number of hydrogen-bond donors (Lipinski definition) is 1. The Bertz CT molecular complexity index is 677. The molecule has 1 unspecified atom stereocenters. The zero-order valence-electron chi connectivity index (χ0n) is 11.3. The van der Waals surface area contributed by atoms with Gasteiger partial charge in [0.1, 0.15) is 5.01 Å². The smallest absolute Gasteiger partial charge is 0.282 e. The van der Waals surface area contributed by atoms with E-state index >= 15 is 0 Å². The summed E-state index contributed by atoms with van der Waals surface area (Å²) >= 11 is 1.10. The molecule has 112 valence electrons. The minimum atomic E-state index is -1.27. The zero-order valence-corrected chi connectivity index (χ0v) is 12.1. The monoisotopic (exact) mass is 314 g/mol. The lowest BCUT2D eigenvalue weighted by molar-refractivity contribution is -0.384. The molecule has 2 rings (SSSR count). The minimum absolute atomic E-state index is 0.0775. The standard InChI is InChI=1S/C12H12F2N4O2S/c1-3-15-6(2)11-16-17-12(21-11)7-4-8(13)9(14)5-10(7)18(19)20/h4-6,15H,3H2,1-2H3. The van der Waals surface area contributed by atoms with Crippen LogP contribution in [0.25, 0.3) is 10.6 Å². The molecular formula is C12H12F2N4O2S. The third-order valence-electron chi connectivity index (χ3n) is 2.79. The second-order valence-electron chi connectivity index (χ2n) is 4.27. The van der Waals surface area contributed by atoms with Crippen LogP contribution in [-0.2, 0) is 0 Å². The average molecular weight is 314 g/mol.